The molecular weight excluding hydrogens is 1020 g/mol. The average Bonchev–Trinajstić information content (AvgIpc) is 3.27. The van der Waals surface area contributed by atoms with Crippen LogP contribution >= 0.6 is 0 Å². The van der Waals surface area contributed by atoms with Crippen LogP contribution in [0.25, 0.3) is 0 Å². The quantitative estimate of drug-likeness (QED) is 0.0975. The fourth-order valence-corrected chi connectivity index (χ4v) is 15.3. The highest BCUT2D eigenvalue weighted by Gasteiger charge is 2.79. The monoisotopic (exact) mass is 1100 g/mol. The molecule has 4 aliphatic carbocycles. The van der Waals surface area contributed by atoms with Crippen LogP contribution in [-0.4, -0.2) is 238 Å². The van der Waals surface area contributed by atoms with E-state index in [1.807, 2.05) is 19.9 Å². The van der Waals surface area contributed by atoms with Crippen molar-refractivity contribution in [1.29, 1.82) is 0 Å². The van der Waals surface area contributed by atoms with E-state index in [-0.39, 0.29) is 44.0 Å². The molecule has 5 saturated heterocycles. The van der Waals surface area contributed by atoms with Gasteiger partial charge in [0.15, 0.2) is 31.5 Å². The lowest BCUT2D eigenvalue weighted by Crippen LogP contribution is -2.78. The van der Waals surface area contributed by atoms with Crippen LogP contribution in [0, 0.1) is 22.7 Å². The number of aliphatic hydroxyl groups excluding tert-OH is 7. The molecule has 0 radical (unpaired) electrons. The minimum atomic E-state index is -2.09. The van der Waals surface area contributed by atoms with Crippen LogP contribution < -0.4 is 0 Å². The number of Topliss-reactive ketones (excluding diaryl/α,β-unsaturated/α-hetero) is 1. The number of aliphatic hydroxyl groups is 9. The van der Waals surface area contributed by atoms with Crippen molar-refractivity contribution >= 4 is 5.78 Å². The molecule has 0 spiro atoms. The maximum atomic E-state index is 12.8. The van der Waals surface area contributed by atoms with Gasteiger partial charge in [0.05, 0.1) is 73.8 Å². The molecule has 9 N–H and O–H groups in total. The van der Waals surface area contributed by atoms with Gasteiger partial charge in [-0.15, -0.1) is 0 Å². The first-order chi connectivity index (χ1) is 36.4. The Kier molecular flexibility index (Phi) is 18.2. The van der Waals surface area contributed by atoms with E-state index < -0.39 is 182 Å². The Morgan fingerprint density at radius 3 is 1.62 bits per heavy atom. The summed E-state index contributed by atoms with van der Waals surface area (Å²) in [7, 11) is 4.69. The van der Waals surface area contributed by atoms with E-state index in [1.54, 1.807) is 35.0 Å². The van der Waals surface area contributed by atoms with Crippen molar-refractivity contribution in [2.45, 2.75) is 271 Å². The van der Waals surface area contributed by atoms with Crippen molar-refractivity contribution in [3.05, 3.63) is 11.6 Å². The number of ketones is 1. The summed E-state index contributed by atoms with van der Waals surface area (Å²) < 4.78 is 80.7. The van der Waals surface area contributed by atoms with Crippen LogP contribution in [0.5, 0.6) is 0 Å². The van der Waals surface area contributed by atoms with E-state index in [2.05, 4.69) is 6.92 Å². The summed E-state index contributed by atoms with van der Waals surface area (Å²) in [4.78, 5) is 12.8. The van der Waals surface area contributed by atoms with Gasteiger partial charge in [-0.3, -0.25) is 4.79 Å². The number of hydrogen-bond acceptors (Lipinski definition) is 23. The fourth-order valence-electron chi connectivity index (χ4n) is 15.3. The van der Waals surface area contributed by atoms with Crippen LogP contribution in [-0.2, 0) is 66.4 Å². The normalized spacial score (nSPS) is 54.2. The lowest BCUT2D eigenvalue weighted by Gasteiger charge is -2.66. The summed E-state index contributed by atoms with van der Waals surface area (Å²) in [5.41, 5.74) is -4.80. The zero-order valence-corrected chi connectivity index (χ0v) is 46.1. The van der Waals surface area contributed by atoms with Gasteiger partial charge in [-0.05, 0) is 78.6 Å². The summed E-state index contributed by atoms with van der Waals surface area (Å²) in [5, 5.41) is 100. The summed E-state index contributed by atoms with van der Waals surface area (Å²) in [5.74, 6) is -1.59. The van der Waals surface area contributed by atoms with Gasteiger partial charge in [0.2, 0.25) is 0 Å². The second kappa shape index (κ2) is 23.3. The highest BCUT2D eigenvalue weighted by molar-refractivity contribution is 5.80. The van der Waals surface area contributed by atoms with Gasteiger partial charge in [-0.1, -0.05) is 25.5 Å². The molecule has 9 rings (SSSR count). The average molecular weight is 1110 g/mol. The molecule has 23 nitrogen and oxygen atoms in total. The number of carbonyl (C=O) groups excluding carboxylic acids is 1. The van der Waals surface area contributed by atoms with E-state index in [0.29, 0.717) is 32.1 Å². The number of fused-ring (bicyclic) bond motifs is 5. The molecule has 3 saturated carbocycles. The summed E-state index contributed by atoms with van der Waals surface area (Å²) in [6, 6.07) is 0. The molecule has 442 valence electrons. The minimum Gasteiger partial charge on any atom is -0.394 e. The van der Waals surface area contributed by atoms with Crippen molar-refractivity contribution in [3.63, 3.8) is 0 Å². The topological polar surface area (TPSA) is 319 Å². The van der Waals surface area contributed by atoms with E-state index >= 15 is 0 Å². The molecule has 23 heteroatoms. The standard InChI is InChI=1S/C54H88O23/c1-23(56)30-16-38(59)54(64)52(30,7)37(58)21-36-51(6)13-12-29(15-28(51)11-14-53(36,54)63)72-40-18-32(65-8)48(25(3)69-40)76-42-19-33(66-9)47(26(4)70-42)75-39-17-31(57)46(24(2)68-39)74-41-20-34(67-10)49(27(5)71-41)77-50-45(62)44(61)43(60)35(22-55)73-50/h11,24-27,29-50,55,57-64H,12-22H2,1-10H3. The highest BCUT2D eigenvalue weighted by atomic mass is 16.8. The summed E-state index contributed by atoms with van der Waals surface area (Å²) in [6.45, 7) is 11.7. The number of carbonyl (C=O) groups is 1. The Hall–Kier alpha value is -1.47. The third-order valence-corrected chi connectivity index (χ3v) is 19.8. The van der Waals surface area contributed by atoms with Crippen LogP contribution in [0.4, 0.5) is 0 Å². The summed E-state index contributed by atoms with van der Waals surface area (Å²) in [6.07, 6.45) is -15.8. The maximum Gasteiger partial charge on any atom is 0.187 e. The fraction of sp³-hybridized carbons (Fsp3) is 0.944. The maximum absolute atomic E-state index is 12.8. The Balaban J connectivity index is 0.751. The van der Waals surface area contributed by atoms with Gasteiger partial charge in [-0.25, -0.2) is 0 Å². The second-order valence-corrected chi connectivity index (χ2v) is 24.1. The molecular formula is C54H88O23. The van der Waals surface area contributed by atoms with Crippen molar-refractivity contribution in [1.82, 2.24) is 0 Å². The molecule has 8 fully saturated rings. The number of hydrogen-bond donors (Lipinski definition) is 9. The molecule has 5 aliphatic heterocycles. The number of methoxy groups -OCH3 is 3. The van der Waals surface area contributed by atoms with Gasteiger partial charge < -0.3 is 108 Å². The van der Waals surface area contributed by atoms with E-state index in [0.717, 1.165) is 5.57 Å². The smallest absolute Gasteiger partial charge is 0.187 e. The van der Waals surface area contributed by atoms with Gasteiger partial charge >= 0.3 is 0 Å². The molecule has 0 bridgehead atoms. The lowest BCUT2D eigenvalue weighted by atomic mass is 9.42. The van der Waals surface area contributed by atoms with Gasteiger partial charge in [0.1, 0.15) is 65.8 Å². The highest BCUT2D eigenvalue weighted by Crippen LogP contribution is 2.69. The lowest BCUT2D eigenvalue weighted by molar-refractivity contribution is -0.358. The van der Waals surface area contributed by atoms with E-state index in [9.17, 15) is 50.8 Å². The van der Waals surface area contributed by atoms with E-state index in [1.165, 1.54) is 14.0 Å². The van der Waals surface area contributed by atoms with Crippen LogP contribution in [0.2, 0.25) is 0 Å². The molecule has 0 aromatic carbocycles. The van der Waals surface area contributed by atoms with Crippen LogP contribution in [0.3, 0.4) is 0 Å². The third kappa shape index (κ3) is 10.6. The number of rotatable bonds is 15. The van der Waals surface area contributed by atoms with Gasteiger partial charge in [0.25, 0.3) is 0 Å². The van der Waals surface area contributed by atoms with Gasteiger partial charge in [0, 0.05) is 64.3 Å². The zero-order chi connectivity index (χ0) is 55.8. The molecule has 9 aliphatic rings. The van der Waals surface area contributed by atoms with Crippen molar-refractivity contribution in [2.24, 2.45) is 22.7 Å². The molecule has 0 aromatic heterocycles. The Morgan fingerprint density at radius 2 is 1.12 bits per heavy atom. The van der Waals surface area contributed by atoms with Gasteiger partial charge in [-0.2, -0.15) is 0 Å². The Morgan fingerprint density at radius 1 is 0.623 bits per heavy atom. The SMILES string of the molecule is COC1CC(OC2C(C)OC(OC3CCC4(C)C(=CCC5(O)C4CC(O)C4(C)C(C(C)=O)CC(O)C54O)C3)CC2OC)OC(C)C1OC1CC(O)C(OC2CC(OC)C(OC3OC(CO)C(O)C(O)C3O)C(C)O2)C(C)O1. The molecule has 30 atom stereocenters. The zero-order valence-electron chi connectivity index (χ0n) is 46.1. The van der Waals surface area contributed by atoms with Crippen LogP contribution in [0.15, 0.2) is 11.6 Å². The van der Waals surface area contributed by atoms with Crippen molar-refractivity contribution in [3.8, 4) is 0 Å². The number of ether oxygens (including phenoxy) is 13. The Bertz CT molecular complexity index is 2040. The predicted octanol–water partition coefficient (Wildman–Crippen LogP) is -0.00280. The molecule has 30 unspecified atom stereocenters. The summed E-state index contributed by atoms with van der Waals surface area (Å²) >= 11 is 0. The first kappa shape index (κ1) is 60.1. The van der Waals surface area contributed by atoms with E-state index in [4.69, 9.17) is 61.6 Å². The molecule has 5 heterocycles. The Labute approximate surface area is 450 Å². The second-order valence-electron chi connectivity index (χ2n) is 24.1. The van der Waals surface area contributed by atoms with Crippen LogP contribution in [0.1, 0.15) is 113 Å². The predicted molar refractivity (Wildman–Crippen MR) is 264 cm³/mol. The molecule has 0 aromatic rings. The first-order valence-electron chi connectivity index (χ1n) is 27.8. The van der Waals surface area contributed by atoms with Crippen molar-refractivity contribution in [2.75, 3.05) is 27.9 Å². The van der Waals surface area contributed by atoms with Crippen molar-refractivity contribution < 1.29 is 112 Å². The molecule has 0 amide bonds. The largest absolute Gasteiger partial charge is 0.394 e. The minimum absolute atomic E-state index is 0.0233. The molecule has 77 heavy (non-hydrogen) atoms. The third-order valence-electron chi connectivity index (χ3n) is 19.8. The first-order valence-corrected chi connectivity index (χ1v) is 27.8.